The summed E-state index contributed by atoms with van der Waals surface area (Å²) in [5.74, 6) is -0.285. The monoisotopic (exact) mass is 352 g/mol. The van der Waals surface area contributed by atoms with Gasteiger partial charge in [-0.1, -0.05) is 6.92 Å². The number of carbonyl (C=O) groups excluding carboxylic acids is 2. The molecular weight excluding hydrogens is 323 g/mol. The predicted octanol–water partition coefficient (Wildman–Crippen LogP) is -1.54. The van der Waals surface area contributed by atoms with E-state index in [0.29, 0.717) is 12.2 Å². The lowest BCUT2D eigenvalue weighted by Crippen LogP contribution is -3.30. The highest BCUT2D eigenvalue weighted by atomic mass is 19.1. The standard InChI is InChI=1S/C18H27FN4O2/c1-3-8-20-17(24)13-22-9-11-23(12-10-22)14(2)18(25)21-16-6-4-15(19)5-7-16/h4-7,14H,3,8-13H2,1-2H3,(H,20,24)(H,21,25)/p+2/t14-/m0/s1. The summed E-state index contributed by atoms with van der Waals surface area (Å²) in [6, 6.07) is 5.61. The summed E-state index contributed by atoms with van der Waals surface area (Å²) < 4.78 is 12.9. The molecule has 0 aromatic heterocycles. The van der Waals surface area contributed by atoms with Crippen LogP contribution in [0.1, 0.15) is 20.3 Å². The van der Waals surface area contributed by atoms with Crippen molar-refractivity contribution in [2.45, 2.75) is 26.3 Å². The van der Waals surface area contributed by atoms with E-state index in [1.807, 2.05) is 13.8 Å². The number of hydrogen-bond donors (Lipinski definition) is 4. The van der Waals surface area contributed by atoms with Gasteiger partial charge in [0.05, 0.1) is 0 Å². The minimum Gasteiger partial charge on any atom is -0.351 e. The first-order valence-electron chi connectivity index (χ1n) is 9.01. The first-order valence-corrected chi connectivity index (χ1v) is 9.01. The Labute approximate surface area is 148 Å². The van der Waals surface area contributed by atoms with Crippen molar-refractivity contribution >= 4 is 17.5 Å². The maximum absolute atomic E-state index is 12.9. The van der Waals surface area contributed by atoms with Gasteiger partial charge in [-0.25, -0.2) is 4.39 Å². The van der Waals surface area contributed by atoms with Crippen LogP contribution in [0.3, 0.4) is 0 Å². The van der Waals surface area contributed by atoms with E-state index in [-0.39, 0.29) is 23.7 Å². The summed E-state index contributed by atoms with van der Waals surface area (Å²) in [5.41, 5.74) is 0.606. The number of benzene rings is 1. The number of piperazine rings is 1. The van der Waals surface area contributed by atoms with Gasteiger partial charge in [0, 0.05) is 12.2 Å². The Balaban J connectivity index is 1.76. The van der Waals surface area contributed by atoms with Crippen LogP contribution in [0, 0.1) is 5.82 Å². The van der Waals surface area contributed by atoms with Gasteiger partial charge in [0.15, 0.2) is 12.6 Å². The molecule has 0 saturated carbocycles. The fourth-order valence-corrected chi connectivity index (χ4v) is 3.06. The van der Waals surface area contributed by atoms with Crippen LogP contribution in [0.25, 0.3) is 0 Å². The second-order valence-corrected chi connectivity index (χ2v) is 6.65. The molecule has 0 radical (unpaired) electrons. The van der Waals surface area contributed by atoms with E-state index in [4.69, 9.17) is 0 Å². The average molecular weight is 352 g/mol. The number of anilines is 1. The Kier molecular flexibility index (Phi) is 7.33. The zero-order chi connectivity index (χ0) is 18.2. The predicted molar refractivity (Wildman–Crippen MR) is 94.1 cm³/mol. The molecule has 1 aromatic carbocycles. The molecular formula is C18H29FN4O2+2. The molecule has 0 spiro atoms. The van der Waals surface area contributed by atoms with Crippen molar-refractivity contribution in [2.24, 2.45) is 0 Å². The van der Waals surface area contributed by atoms with E-state index < -0.39 is 0 Å². The summed E-state index contributed by atoms with van der Waals surface area (Å²) in [6.45, 7) is 8.64. The van der Waals surface area contributed by atoms with E-state index in [9.17, 15) is 14.0 Å². The Bertz CT molecular complexity index is 571. The third-order valence-electron chi connectivity index (χ3n) is 4.70. The lowest BCUT2D eigenvalue weighted by Gasteiger charge is -2.32. The summed E-state index contributed by atoms with van der Waals surface area (Å²) in [5, 5.41) is 5.74. The largest absolute Gasteiger partial charge is 0.351 e. The minimum atomic E-state index is -0.321. The lowest BCUT2D eigenvalue weighted by molar-refractivity contribution is -1.01. The van der Waals surface area contributed by atoms with Gasteiger partial charge in [-0.3, -0.25) is 9.59 Å². The van der Waals surface area contributed by atoms with Crippen LogP contribution in [-0.2, 0) is 9.59 Å². The van der Waals surface area contributed by atoms with Crippen LogP contribution in [-0.4, -0.2) is 57.1 Å². The molecule has 1 fully saturated rings. The van der Waals surface area contributed by atoms with Gasteiger partial charge < -0.3 is 20.4 Å². The number of halogens is 1. The van der Waals surface area contributed by atoms with E-state index in [2.05, 4.69) is 10.6 Å². The number of quaternary nitrogens is 2. The van der Waals surface area contributed by atoms with Gasteiger partial charge >= 0.3 is 0 Å². The first-order chi connectivity index (χ1) is 12.0. The van der Waals surface area contributed by atoms with Crippen LogP contribution in [0.15, 0.2) is 24.3 Å². The average Bonchev–Trinajstić information content (AvgIpc) is 2.62. The maximum atomic E-state index is 12.9. The molecule has 0 unspecified atom stereocenters. The fraction of sp³-hybridized carbons (Fsp3) is 0.556. The molecule has 1 aliphatic heterocycles. The van der Waals surface area contributed by atoms with Crippen LogP contribution >= 0.6 is 0 Å². The molecule has 1 aromatic rings. The fourth-order valence-electron chi connectivity index (χ4n) is 3.06. The Morgan fingerprint density at radius 1 is 1.16 bits per heavy atom. The molecule has 1 heterocycles. The summed E-state index contributed by atoms with van der Waals surface area (Å²) in [7, 11) is 0. The van der Waals surface area contributed by atoms with Crippen molar-refractivity contribution in [3.63, 3.8) is 0 Å². The molecule has 7 heteroatoms. The SMILES string of the molecule is CCCNC(=O)C[NH+]1CC[NH+]([C@@H](C)C(=O)Nc2ccc(F)cc2)CC1. The zero-order valence-electron chi connectivity index (χ0n) is 15.0. The van der Waals surface area contributed by atoms with Gasteiger partial charge in [0.1, 0.15) is 32.0 Å². The van der Waals surface area contributed by atoms with Crippen LogP contribution < -0.4 is 20.4 Å². The van der Waals surface area contributed by atoms with Crippen LogP contribution in [0.5, 0.6) is 0 Å². The topological polar surface area (TPSA) is 67.1 Å². The Hall–Kier alpha value is -1.99. The minimum absolute atomic E-state index is 0.0641. The highest BCUT2D eigenvalue weighted by molar-refractivity contribution is 5.93. The van der Waals surface area contributed by atoms with Gasteiger partial charge in [0.2, 0.25) is 0 Å². The van der Waals surface area contributed by atoms with Gasteiger partial charge in [-0.15, -0.1) is 0 Å². The zero-order valence-corrected chi connectivity index (χ0v) is 15.0. The van der Waals surface area contributed by atoms with Crippen LogP contribution in [0.2, 0.25) is 0 Å². The molecule has 4 N–H and O–H groups in total. The number of rotatable bonds is 7. The summed E-state index contributed by atoms with van der Waals surface area (Å²) in [4.78, 5) is 26.7. The van der Waals surface area contributed by atoms with E-state index in [0.717, 1.165) is 39.1 Å². The molecule has 0 aliphatic carbocycles. The quantitative estimate of drug-likeness (QED) is 0.481. The smallest absolute Gasteiger partial charge is 0.282 e. The first kappa shape index (κ1) is 19.3. The van der Waals surface area contributed by atoms with Crippen molar-refractivity contribution in [3.05, 3.63) is 30.1 Å². The molecule has 25 heavy (non-hydrogen) atoms. The molecule has 2 rings (SSSR count). The lowest BCUT2D eigenvalue weighted by atomic mass is 10.2. The van der Waals surface area contributed by atoms with E-state index >= 15 is 0 Å². The van der Waals surface area contributed by atoms with Gasteiger partial charge in [-0.05, 0) is 37.6 Å². The van der Waals surface area contributed by atoms with Crippen molar-refractivity contribution in [1.29, 1.82) is 0 Å². The highest BCUT2D eigenvalue weighted by Crippen LogP contribution is 2.08. The molecule has 6 nitrogen and oxygen atoms in total. The van der Waals surface area contributed by atoms with Crippen molar-refractivity contribution in [2.75, 3.05) is 44.6 Å². The molecule has 1 saturated heterocycles. The normalized spacial score (nSPS) is 21.4. The molecule has 0 bridgehead atoms. The molecule has 1 atom stereocenters. The Morgan fingerprint density at radius 3 is 2.40 bits per heavy atom. The Morgan fingerprint density at radius 2 is 1.80 bits per heavy atom. The van der Waals surface area contributed by atoms with E-state index in [1.54, 1.807) is 12.1 Å². The second-order valence-electron chi connectivity index (χ2n) is 6.65. The summed E-state index contributed by atoms with van der Waals surface area (Å²) >= 11 is 0. The van der Waals surface area contributed by atoms with Crippen LogP contribution in [0.4, 0.5) is 10.1 Å². The van der Waals surface area contributed by atoms with Gasteiger partial charge in [-0.2, -0.15) is 0 Å². The van der Waals surface area contributed by atoms with Gasteiger partial charge in [0.25, 0.3) is 11.8 Å². The second kappa shape index (κ2) is 9.48. The summed E-state index contributed by atoms with van der Waals surface area (Å²) in [6.07, 6.45) is 0.944. The highest BCUT2D eigenvalue weighted by Gasteiger charge is 2.31. The molecule has 138 valence electrons. The third-order valence-corrected chi connectivity index (χ3v) is 4.70. The van der Waals surface area contributed by atoms with Crippen molar-refractivity contribution in [1.82, 2.24) is 5.32 Å². The number of nitrogens with one attached hydrogen (secondary N) is 4. The number of hydrogen-bond acceptors (Lipinski definition) is 2. The third kappa shape index (κ3) is 6.10. The van der Waals surface area contributed by atoms with E-state index in [1.165, 1.54) is 21.9 Å². The van der Waals surface area contributed by atoms with Crippen molar-refractivity contribution in [3.8, 4) is 0 Å². The number of carbonyl (C=O) groups is 2. The molecule has 2 amide bonds. The van der Waals surface area contributed by atoms with Crippen molar-refractivity contribution < 1.29 is 23.8 Å². The number of amides is 2. The maximum Gasteiger partial charge on any atom is 0.282 e. The molecule has 1 aliphatic rings.